The second-order valence-electron chi connectivity index (χ2n) is 13.4. The fourth-order valence-corrected chi connectivity index (χ4v) is 5.28. The van der Waals surface area contributed by atoms with E-state index < -0.39 is 47.0 Å². The summed E-state index contributed by atoms with van der Waals surface area (Å²) in [5.41, 5.74) is -0.713. The van der Waals surface area contributed by atoms with Gasteiger partial charge in [-0.3, -0.25) is 24.1 Å². The largest absolute Gasteiger partial charge is 0.508 e. The van der Waals surface area contributed by atoms with Gasteiger partial charge in [0.2, 0.25) is 23.6 Å². The maximum Gasteiger partial charge on any atom is 0.410 e. The molecule has 0 aromatic heterocycles. The van der Waals surface area contributed by atoms with Crippen molar-refractivity contribution in [2.45, 2.75) is 91.5 Å². The molecule has 3 unspecified atom stereocenters. The van der Waals surface area contributed by atoms with Gasteiger partial charge in [-0.15, -0.1) is 0 Å². The molecular formula is C31H47N5O7. The SMILES string of the molecule is CC(=O)N1CCN(C(=O)C(Cc2ccc(O)cc2)NC(=O)C(NC(=O)C2CCCN2C(=O)OC(C)(C)C)C(C)(C)C)CC1. The molecule has 238 valence electrons. The molecule has 0 aliphatic carbocycles. The summed E-state index contributed by atoms with van der Waals surface area (Å²) in [7, 11) is 0. The molecule has 0 bridgehead atoms. The van der Waals surface area contributed by atoms with Gasteiger partial charge in [0.15, 0.2) is 0 Å². The topological polar surface area (TPSA) is 149 Å². The van der Waals surface area contributed by atoms with Crippen LogP contribution >= 0.6 is 0 Å². The van der Waals surface area contributed by atoms with Crippen LogP contribution in [-0.4, -0.2) is 106 Å². The first-order chi connectivity index (χ1) is 20.0. The van der Waals surface area contributed by atoms with Crippen LogP contribution < -0.4 is 10.6 Å². The van der Waals surface area contributed by atoms with Crippen LogP contribution in [0.2, 0.25) is 0 Å². The standard InChI is InChI=1S/C31H47N5O7/c1-20(37)34-15-17-35(18-16-34)28(41)23(19-21-10-12-22(38)13-11-21)32-27(40)25(30(2,3)4)33-26(39)24-9-8-14-36(24)29(42)43-31(5,6)7/h10-13,23-25,38H,8-9,14-19H2,1-7H3,(H,32,40)(H,33,39). The van der Waals surface area contributed by atoms with Gasteiger partial charge in [-0.1, -0.05) is 32.9 Å². The fraction of sp³-hybridized carbons (Fsp3) is 0.645. The van der Waals surface area contributed by atoms with Gasteiger partial charge in [0, 0.05) is 46.1 Å². The number of ether oxygens (including phenoxy) is 1. The van der Waals surface area contributed by atoms with Crippen molar-refractivity contribution < 1.29 is 33.8 Å². The van der Waals surface area contributed by atoms with Crippen LogP contribution in [0.15, 0.2) is 24.3 Å². The summed E-state index contributed by atoms with van der Waals surface area (Å²) >= 11 is 0. The number of amides is 5. The van der Waals surface area contributed by atoms with Crippen LogP contribution in [0.4, 0.5) is 4.79 Å². The van der Waals surface area contributed by atoms with E-state index in [1.807, 2.05) is 20.8 Å². The van der Waals surface area contributed by atoms with E-state index in [1.165, 1.54) is 24.0 Å². The summed E-state index contributed by atoms with van der Waals surface area (Å²) in [4.78, 5) is 70.3. The van der Waals surface area contributed by atoms with E-state index >= 15 is 0 Å². The molecule has 3 rings (SSSR count). The molecule has 1 aromatic rings. The molecule has 2 aliphatic heterocycles. The number of phenols is 1. The number of nitrogens with zero attached hydrogens (tertiary/aromatic N) is 3. The smallest absolute Gasteiger partial charge is 0.410 e. The van der Waals surface area contributed by atoms with E-state index in [1.54, 1.807) is 42.7 Å². The lowest BCUT2D eigenvalue weighted by molar-refractivity contribution is -0.142. The summed E-state index contributed by atoms with van der Waals surface area (Å²) in [5.74, 6) is -1.26. The highest BCUT2D eigenvalue weighted by molar-refractivity contribution is 5.94. The highest BCUT2D eigenvalue weighted by Crippen LogP contribution is 2.24. The first-order valence-electron chi connectivity index (χ1n) is 14.9. The first kappa shape index (κ1) is 33.7. The summed E-state index contributed by atoms with van der Waals surface area (Å²) in [6.07, 6.45) is 0.658. The van der Waals surface area contributed by atoms with E-state index in [-0.39, 0.29) is 24.0 Å². The third kappa shape index (κ3) is 9.33. The Morgan fingerprint density at radius 2 is 1.49 bits per heavy atom. The molecule has 5 amide bonds. The van der Waals surface area contributed by atoms with E-state index in [4.69, 9.17) is 4.74 Å². The van der Waals surface area contributed by atoms with Crippen LogP contribution in [0.25, 0.3) is 0 Å². The Labute approximate surface area is 254 Å². The van der Waals surface area contributed by atoms with Gasteiger partial charge in [-0.25, -0.2) is 4.79 Å². The number of nitrogens with one attached hydrogen (secondary N) is 2. The third-order valence-electron chi connectivity index (χ3n) is 7.63. The molecule has 12 heteroatoms. The summed E-state index contributed by atoms with van der Waals surface area (Å²) in [6, 6.07) is 3.66. The maximum atomic E-state index is 13.8. The van der Waals surface area contributed by atoms with Crippen molar-refractivity contribution >= 4 is 29.7 Å². The fourth-order valence-electron chi connectivity index (χ4n) is 5.28. The normalized spacial score (nSPS) is 19.0. The zero-order valence-electron chi connectivity index (χ0n) is 26.4. The van der Waals surface area contributed by atoms with Crippen molar-refractivity contribution in [3.8, 4) is 5.75 Å². The van der Waals surface area contributed by atoms with Gasteiger partial charge in [-0.2, -0.15) is 0 Å². The number of carbonyl (C=O) groups excluding carboxylic acids is 5. The molecular weight excluding hydrogens is 554 g/mol. The van der Waals surface area contributed by atoms with Crippen molar-refractivity contribution in [3.05, 3.63) is 29.8 Å². The van der Waals surface area contributed by atoms with Gasteiger partial charge >= 0.3 is 6.09 Å². The molecule has 2 aliphatic rings. The average molecular weight is 602 g/mol. The van der Waals surface area contributed by atoms with Crippen LogP contribution in [0.1, 0.15) is 66.9 Å². The Morgan fingerprint density at radius 1 is 0.907 bits per heavy atom. The summed E-state index contributed by atoms with van der Waals surface area (Å²) in [5, 5.41) is 15.5. The molecule has 0 saturated carbocycles. The molecule has 2 heterocycles. The molecule has 0 radical (unpaired) electrons. The number of carbonyl (C=O) groups is 5. The van der Waals surface area contributed by atoms with E-state index in [9.17, 15) is 29.1 Å². The van der Waals surface area contributed by atoms with Crippen molar-refractivity contribution in [1.29, 1.82) is 0 Å². The number of hydrogen-bond acceptors (Lipinski definition) is 7. The molecule has 0 spiro atoms. The van der Waals surface area contributed by atoms with Crippen molar-refractivity contribution in [3.63, 3.8) is 0 Å². The number of phenolic OH excluding ortho intramolecular Hbond substituents is 1. The monoisotopic (exact) mass is 601 g/mol. The zero-order valence-corrected chi connectivity index (χ0v) is 26.4. The van der Waals surface area contributed by atoms with Gasteiger partial charge in [0.05, 0.1) is 0 Å². The van der Waals surface area contributed by atoms with Crippen molar-refractivity contribution in [2.75, 3.05) is 32.7 Å². The molecule has 2 saturated heterocycles. The highest BCUT2D eigenvalue weighted by atomic mass is 16.6. The molecule has 1 aromatic carbocycles. The quantitative estimate of drug-likeness (QED) is 0.433. The number of hydrogen-bond donors (Lipinski definition) is 3. The second-order valence-corrected chi connectivity index (χ2v) is 13.4. The Kier molecular flexibility index (Phi) is 10.7. The van der Waals surface area contributed by atoms with Crippen LogP contribution in [0.5, 0.6) is 5.75 Å². The molecule has 3 atom stereocenters. The van der Waals surface area contributed by atoms with Crippen LogP contribution in [0.3, 0.4) is 0 Å². The molecule has 3 N–H and O–H groups in total. The van der Waals surface area contributed by atoms with Gasteiger partial charge in [0.1, 0.15) is 29.5 Å². The minimum atomic E-state index is -1.01. The number of rotatable bonds is 7. The zero-order chi connectivity index (χ0) is 32.1. The lowest BCUT2D eigenvalue weighted by Crippen LogP contribution is -2.61. The molecule has 43 heavy (non-hydrogen) atoms. The Hall–Kier alpha value is -3.83. The number of likely N-dealkylation sites (tertiary alicyclic amines) is 1. The Bertz CT molecular complexity index is 1180. The predicted octanol–water partition coefficient (Wildman–Crippen LogP) is 2.04. The third-order valence-corrected chi connectivity index (χ3v) is 7.63. The summed E-state index contributed by atoms with van der Waals surface area (Å²) < 4.78 is 5.49. The minimum Gasteiger partial charge on any atom is -0.508 e. The van der Waals surface area contributed by atoms with Gasteiger partial charge < -0.3 is 30.3 Å². The summed E-state index contributed by atoms with van der Waals surface area (Å²) in [6.45, 7) is 14.1. The number of piperazine rings is 1. The van der Waals surface area contributed by atoms with Crippen LogP contribution in [-0.2, 0) is 30.3 Å². The van der Waals surface area contributed by atoms with E-state index in [0.717, 1.165) is 5.56 Å². The lowest BCUT2D eigenvalue weighted by Gasteiger charge is -2.37. The maximum absolute atomic E-state index is 13.8. The van der Waals surface area contributed by atoms with Crippen LogP contribution in [0, 0.1) is 5.41 Å². The molecule has 12 nitrogen and oxygen atoms in total. The van der Waals surface area contributed by atoms with Crippen molar-refractivity contribution in [1.82, 2.24) is 25.3 Å². The first-order valence-corrected chi connectivity index (χ1v) is 14.9. The average Bonchev–Trinajstić information content (AvgIpc) is 3.41. The van der Waals surface area contributed by atoms with E-state index in [0.29, 0.717) is 45.6 Å². The minimum absolute atomic E-state index is 0.0581. The Balaban J connectivity index is 1.79. The van der Waals surface area contributed by atoms with Gasteiger partial charge in [-0.05, 0) is 56.7 Å². The second kappa shape index (κ2) is 13.6. The number of benzene rings is 1. The van der Waals surface area contributed by atoms with Crippen molar-refractivity contribution in [2.24, 2.45) is 5.41 Å². The number of aromatic hydroxyl groups is 1. The van der Waals surface area contributed by atoms with Gasteiger partial charge in [0.25, 0.3) is 0 Å². The molecule has 2 fully saturated rings. The van der Waals surface area contributed by atoms with E-state index in [2.05, 4.69) is 10.6 Å². The lowest BCUT2D eigenvalue weighted by atomic mass is 9.85. The highest BCUT2D eigenvalue weighted by Gasteiger charge is 2.41. The predicted molar refractivity (Wildman–Crippen MR) is 160 cm³/mol. The Morgan fingerprint density at radius 3 is 2.02 bits per heavy atom.